The highest BCUT2D eigenvalue weighted by molar-refractivity contribution is 7.07. The SMILES string of the molecule is CCCCOCC(O)CN(C)Cc1cscn1. The van der Waals surface area contributed by atoms with E-state index in [4.69, 9.17) is 4.74 Å². The Hall–Kier alpha value is -0.490. The molecule has 0 aliphatic carbocycles. The highest BCUT2D eigenvalue weighted by atomic mass is 32.1. The summed E-state index contributed by atoms with van der Waals surface area (Å²) in [5.74, 6) is 0. The molecule has 0 radical (unpaired) electrons. The van der Waals surface area contributed by atoms with Crippen molar-refractivity contribution >= 4 is 11.3 Å². The average molecular weight is 258 g/mol. The summed E-state index contributed by atoms with van der Waals surface area (Å²) < 4.78 is 5.38. The molecule has 98 valence electrons. The first-order valence-electron chi connectivity index (χ1n) is 6.03. The number of aliphatic hydroxyl groups is 1. The van der Waals surface area contributed by atoms with E-state index in [1.165, 1.54) is 0 Å². The Labute approximate surface area is 107 Å². The van der Waals surface area contributed by atoms with Crippen molar-refractivity contribution in [2.24, 2.45) is 0 Å². The zero-order valence-corrected chi connectivity index (χ0v) is 11.4. The molecular formula is C12H22N2O2S. The summed E-state index contributed by atoms with van der Waals surface area (Å²) in [5, 5.41) is 11.8. The van der Waals surface area contributed by atoms with Crippen molar-refractivity contribution in [3.8, 4) is 0 Å². The molecular weight excluding hydrogens is 236 g/mol. The van der Waals surface area contributed by atoms with Gasteiger partial charge in [-0.1, -0.05) is 13.3 Å². The molecule has 0 saturated heterocycles. The van der Waals surface area contributed by atoms with Gasteiger partial charge in [-0.3, -0.25) is 4.90 Å². The molecule has 1 aromatic rings. The molecule has 0 amide bonds. The van der Waals surface area contributed by atoms with Crippen LogP contribution in [0.5, 0.6) is 0 Å². The summed E-state index contributed by atoms with van der Waals surface area (Å²) in [4.78, 5) is 6.27. The molecule has 17 heavy (non-hydrogen) atoms. The van der Waals surface area contributed by atoms with E-state index in [1.807, 2.05) is 17.9 Å². The maximum Gasteiger partial charge on any atom is 0.0900 e. The summed E-state index contributed by atoms with van der Waals surface area (Å²) in [5.41, 5.74) is 2.88. The van der Waals surface area contributed by atoms with Crippen LogP contribution in [0.2, 0.25) is 0 Å². The Bertz CT molecular complexity index is 280. The second kappa shape index (κ2) is 8.58. The summed E-state index contributed by atoms with van der Waals surface area (Å²) in [6, 6.07) is 0. The largest absolute Gasteiger partial charge is 0.389 e. The lowest BCUT2D eigenvalue weighted by molar-refractivity contribution is 0.0187. The quantitative estimate of drug-likeness (QED) is 0.686. The Morgan fingerprint density at radius 3 is 3.06 bits per heavy atom. The third-order valence-electron chi connectivity index (χ3n) is 2.39. The van der Waals surface area contributed by atoms with Gasteiger partial charge in [-0.2, -0.15) is 0 Å². The van der Waals surface area contributed by atoms with Crippen molar-refractivity contribution in [3.05, 3.63) is 16.6 Å². The molecule has 5 heteroatoms. The number of rotatable bonds is 9. The van der Waals surface area contributed by atoms with Crippen molar-refractivity contribution in [1.29, 1.82) is 0 Å². The van der Waals surface area contributed by atoms with Crippen molar-refractivity contribution < 1.29 is 9.84 Å². The molecule has 0 aromatic carbocycles. The molecule has 0 bridgehead atoms. The molecule has 4 nitrogen and oxygen atoms in total. The summed E-state index contributed by atoms with van der Waals surface area (Å²) in [7, 11) is 1.98. The molecule has 1 aromatic heterocycles. The summed E-state index contributed by atoms with van der Waals surface area (Å²) >= 11 is 1.59. The molecule has 0 aliphatic heterocycles. The van der Waals surface area contributed by atoms with E-state index in [2.05, 4.69) is 16.8 Å². The number of nitrogens with zero attached hydrogens (tertiary/aromatic N) is 2. The smallest absolute Gasteiger partial charge is 0.0900 e. The number of thiazole rings is 1. The van der Waals surface area contributed by atoms with E-state index < -0.39 is 6.10 Å². The lowest BCUT2D eigenvalue weighted by Gasteiger charge is -2.19. The standard InChI is InChI=1S/C12H22N2O2S/c1-3-4-5-16-8-12(15)7-14(2)6-11-9-17-10-13-11/h9-10,12,15H,3-8H2,1-2H3. The van der Waals surface area contributed by atoms with Crippen LogP contribution in [-0.4, -0.2) is 47.9 Å². The minimum absolute atomic E-state index is 0.418. The first-order valence-corrected chi connectivity index (χ1v) is 6.98. The lowest BCUT2D eigenvalue weighted by atomic mass is 10.3. The van der Waals surface area contributed by atoms with Gasteiger partial charge < -0.3 is 9.84 Å². The maximum absolute atomic E-state index is 9.76. The fourth-order valence-electron chi connectivity index (χ4n) is 1.53. The zero-order valence-electron chi connectivity index (χ0n) is 10.6. The Morgan fingerprint density at radius 2 is 2.41 bits per heavy atom. The topological polar surface area (TPSA) is 45.6 Å². The number of hydrogen-bond donors (Lipinski definition) is 1. The van der Waals surface area contributed by atoms with Gasteiger partial charge in [0.2, 0.25) is 0 Å². The molecule has 1 heterocycles. The van der Waals surface area contributed by atoms with E-state index in [-0.39, 0.29) is 0 Å². The average Bonchev–Trinajstić information content (AvgIpc) is 2.77. The molecule has 1 N–H and O–H groups in total. The second-order valence-electron chi connectivity index (χ2n) is 4.26. The molecule has 0 saturated carbocycles. The van der Waals surface area contributed by atoms with Crippen LogP contribution in [0.15, 0.2) is 10.9 Å². The number of likely N-dealkylation sites (N-methyl/N-ethyl adjacent to an activating group) is 1. The predicted molar refractivity (Wildman–Crippen MR) is 70.2 cm³/mol. The minimum Gasteiger partial charge on any atom is -0.389 e. The normalized spacial score (nSPS) is 13.2. The summed E-state index contributed by atoms with van der Waals surface area (Å²) in [6.45, 7) is 4.67. The Kier molecular flexibility index (Phi) is 7.35. The monoisotopic (exact) mass is 258 g/mol. The zero-order chi connectivity index (χ0) is 12.5. The predicted octanol–water partition coefficient (Wildman–Crippen LogP) is 1.75. The van der Waals surface area contributed by atoms with Crippen molar-refractivity contribution in [2.75, 3.05) is 26.8 Å². The van der Waals surface area contributed by atoms with Gasteiger partial charge in [-0.05, 0) is 13.5 Å². The van der Waals surface area contributed by atoms with Crippen molar-refractivity contribution in [1.82, 2.24) is 9.88 Å². The fourth-order valence-corrected chi connectivity index (χ4v) is 2.08. The molecule has 0 spiro atoms. The minimum atomic E-state index is -0.421. The van der Waals surface area contributed by atoms with Crippen LogP contribution in [0.1, 0.15) is 25.5 Å². The van der Waals surface area contributed by atoms with Gasteiger partial charge in [0.25, 0.3) is 0 Å². The molecule has 1 rings (SSSR count). The number of ether oxygens (including phenoxy) is 1. The number of unbranched alkanes of at least 4 members (excludes halogenated alkanes) is 1. The first kappa shape index (κ1) is 14.6. The van der Waals surface area contributed by atoms with Gasteiger partial charge in [0.1, 0.15) is 0 Å². The van der Waals surface area contributed by atoms with Gasteiger partial charge in [0, 0.05) is 25.1 Å². The molecule has 0 aliphatic rings. The second-order valence-corrected chi connectivity index (χ2v) is 4.98. The van der Waals surface area contributed by atoms with Crippen LogP contribution in [0.4, 0.5) is 0 Å². The van der Waals surface area contributed by atoms with Crippen LogP contribution in [0.25, 0.3) is 0 Å². The fraction of sp³-hybridized carbons (Fsp3) is 0.750. The van der Waals surface area contributed by atoms with Crippen LogP contribution in [0, 0.1) is 0 Å². The Balaban J connectivity index is 2.10. The lowest BCUT2D eigenvalue weighted by Crippen LogP contribution is -2.32. The molecule has 1 atom stereocenters. The maximum atomic E-state index is 9.76. The van der Waals surface area contributed by atoms with Crippen LogP contribution >= 0.6 is 11.3 Å². The summed E-state index contributed by atoms with van der Waals surface area (Å²) in [6.07, 6.45) is 1.76. The van der Waals surface area contributed by atoms with Gasteiger partial charge in [-0.25, -0.2) is 4.98 Å². The number of aromatic nitrogens is 1. The number of hydrogen-bond acceptors (Lipinski definition) is 5. The van der Waals surface area contributed by atoms with Gasteiger partial charge in [-0.15, -0.1) is 11.3 Å². The first-order chi connectivity index (χ1) is 8.22. The molecule has 0 fully saturated rings. The van der Waals surface area contributed by atoms with E-state index >= 15 is 0 Å². The van der Waals surface area contributed by atoms with Gasteiger partial charge >= 0.3 is 0 Å². The third-order valence-corrected chi connectivity index (χ3v) is 3.03. The van der Waals surface area contributed by atoms with Crippen LogP contribution in [0.3, 0.4) is 0 Å². The number of aliphatic hydroxyl groups excluding tert-OH is 1. The van der Waals surface area contributed by atoms with Crippen molar-refractivity contribution in [2.45, 2.75) is 32.4 Å². The molecule has 1 unspecified atom stereocenters. The van der Waals surface area contributed by atoms with E-state index in [0.717, 1.165) is 31.7 Å². The van der Waals surface area contributed by atoms with E-state index in [9.17, 15) is 5.11 Å². The third kappa shape index (κ3) is 6.73. The van der Waals surface area contributed by atoms with Crippen LogP contribution in [-0.2, 0) is 11.3 Å². The Morgan fingerprint density at radius 1 is 1.59 bits per heavy atom. The van der Waals surface area contributed by atoms with Gasteiger partial charge in [0.05, 0.1) is 23.9 Å². The van der Waals surface area contributed by atoms with E-state index in [1.54, 1.807) is 11.3 Å². The highest BCUT2D eigenvalue weighted by Crippen LogP contribution is 2.04. The van der Waals surface area contributed by atoms with E-state index in [0.29, 0.717) is 13.2 Å². The van der Waals surface area contributed by atoms with Crippen molar-refractivity contribution in [3.63, 3.8) is 0 Å². The van der Waals surface area contributed by atoms with Crippen LogP contribution < -0.4 is 0 Å². The highest BCUT2D eigenvalue weighted by Gasteiger charge is 2.09. The van der Waals surface area contributed by atoms with Gasteiger partial charge in [0.15, 0.2) is 0 Å².